The number of hydrogen-bond acceptors (Lipinski definition) is 3. The molecule has 5 heteroatoms. The summed E-state index contributed by atoms with van der Waals surface area (Å²) in [6.45, 7) is 6.37. The molecule has 0 fully saturated rings. The molecule has 0 aliphatic heterocycles. The van der Waals surface area contributed by atoms with Gasteiger partial charge in [-0.05, 0) is 61.7 Å². The van der Waals surface area contributed by atoms with Crippen LogP contribution in [0.3, 0.4) is 0 Å². The van der Waals surface area contributed by atoms with E-state index in [1.54, 1.807) is 12.1 Å². The van der Waals surface area contributed by atoms with Gasteiger partial charge in [0.15, 0.2) is 11.5 Å². The van der Waals surface area contributed by atoms with Crippen molar-refractivity contribution in [1.29, 1.82) is 0 Å². The minimum atomic E-state index is -0.216. The molecule has 0 aromatic heterocycles. The Morgan fingerprint density at radius 2 is 1.70 bits per heavy atom. The molecule has 1 N–H and O–H groups in total. The summed E-state index contributed by atoms with van der Waals surface area (Å²) in [6, 6.07) is 18.5. The lowest BCUT2D eigenvalue weighted by Crippen LogP contribution is -2.17. The molecule has 0 aliphatic rings. The van der Waals surface area contributed by atoms with Crippen LogP contribution in [0.5, 0.6) is 11.5 Å². The van der Waals surface area contributed by atoms with E-state index in [1.807, 2.05) is 31.2 Å². The zero-order valence-corrected chi connectivity index (χ0v) is 18.1. The third kappa shape index (κ3) is 6.48. The molecule has 0 radical (unpaired) electrons. The Morgan fingerprint density at radius 3 is 2.43 bits per heavy atom. The van der Waals surface area contributed by atoms with Crippen LogP contribution in [0.2, 0.25) is 5.02 Å². The van der Waals surface area contributed by atoms with Gasteiger partial charge in [-0.25, -0.2) is 4.39 Å². The van der Waals surface area contributed by atoms with Crippen molar-refractivity contribution in [3.8, 4) is 11.5 Å². The number of hydrogen-bond donors (Lipinski definition) is 1. The van der Waals surface area contributed by atoms with E-state index in [0.29, 0.717) is 36.3 Å². The molecule has 3 nitrogen and oxygen atoms in total. The standard InChI is InChI=1S/C25H27ClFNO2/c1-3-29-24-14-21(16-28-12-11-19-7-9-22(27)10-8-19)23(26)15-25(24)30-17-20-6-4-5-18(2)13-20/h4-10,13-15,28H,3,11-12,16-17H2,1-2H3. The summed E-state index contributed by atoms with van der Waals surface area (Å²) < 4.78 is 24.8. The van der Waals surface area contributed by atoms with Crippen molar-refractivity contribution < 1.29 is 13.9 Å². The molecule has 0 aliphatic carbocycles. The lowest BCUT2D eigenvalue weighted by atomic mass is 10.1. The zero-order valence-electron chi connectivity index (χ0n) is 17.4. The number of halogens is 2. The number of aryl methyl sites for hydroxylation is 1. The first-order valence-electron chi connectivity index (χ1n) is 10.1. The van der Waals surface area contributed by atoms with E-state index in [9.17, 15) is 4.39 Å². The molecule has 3 aromatic rings. The Labute approximate surface area is 182 Å². The highest BCUT2D eigenvalue weighted by Gasteiger charge is 2.12. The highest BCUT2D eigenvalue weighted by molar-refractivity contribution is 6.31. The van der Waals surface area contributed by atoms with Crippen molar-refractivity contribution in [1.82, 2.24) is 5.32 Å². The summed E-state index contributed by atoms with van der Waals surface area (Å²) in [4.78, 5) is 0. The SMILES string of the molecule is CCOc1cc(CNCCc2ccc(F)cc2)c(Cl)cc1OCc1cccc(C)c1. The summed E-state index contributed by atoms with van der Waals surface area (Å²) in [5.74, 6) is 1.11. The third-order valence-electron chi connectivity index (χ3n) is 4.71. The largest absolute Gasteiger partial charge is 0.490 e. The van der Waals surface area contributed by atoms with Crippen molar-refractivity contribution in [2.45, 2.75) is 33.4 Å². The van der Waals surface area contributed by atoms with Crippen molar-refractivity contribution in [3.05, 3.63) is 93.8 Å². The molecule has 30 heavy (non-hydrogen) atoms. The van der Waals surface area contributed by atoms with Gasteiger partial charge in [-0.1, -0.05) is 53.6 Å². The van der Waals surface area contributed by atoms with Gasteiger partial charge >= 0.3 is 0 Å². The second-order valence-corrected chi connectivity index (χ2v) is 7.56. The first-order valence-corrected chi connectivity index (χ1v) is 10.5. The summed E-state index contributed by atoms with van der Waals surface area (Å²) in [5, 5.41) is 4.02. The topological polar surface area (TPSA) is 30.5 Å². The fraction of sp³-hybridized carbons (Fsp3) is 0.280. The maximum atomic E-state index is 13.0. The van der Waals surface area contributed by atoms with Gasteiger partial charge in [-0.15, -0.1) is 0 Å². The Morgan fingerprint density at radius 1 is 0.933 bits per heavy atom. The number of rotatable bonds is 10. The number of benzene rings is 3. The lowest BCUT2D eigenvalue weighted by Gasteiger charge is -2.15. The molecule has 0 spiro atoms. The van der Waals surface area contributed by atoms with Crippen LogP contribution in [0.4, 0.5) is 4.39 Å². The van der Waals surface area contributed by atoms with Crippen LogP contribution >= 0.6 is 11.6 Å². The van der Waals surface area contributed by atoms with Gasteiger partial charge in [0.1, 0.15) is 12.4 Å². The van der Waals surface area contributed by atoms with Gasteiger partial charge in [0.2, 0.25) is 0 Å². The van der Waals surface area contributed by atoms with Crippen LogP contribution in [0.1, 0.15) is 29.2 Å². The monoisotopic (exact) mass is 427 g/mol. The molecule has 3 aromatic carbocycles. The van der Waals surface area contributed by atoms with Crippen LogP contribution in [0.15, 0.2) is 60.7 Å². The summed E-state index contributed by atoms with van der Waals surface area (Å²) in [6.07, 6.45) is 0.813. The fourth-order valence-electron chi connectivity index (χ4n) is 3.16. The molecule has 0 saturated heterocycles. The molecule has 158 valence electrons. The van der Waals surface area contributed by atoms with E-state index in [0.717, 1.165) is 29.7 Å². The smallest absolute Gasteiger partial charge is 0.163 e. The van der Waals surface area contributed by atoms with Gasteiger partial charge in [0.25, 0.3) is 0 Å². The average molecular weight is 428 g/mol. The van der Waals surface area contributed by atoms with Crippen molar-refractivity contribution in [3.63, 3.8) is 0 Å². The minimum absolute atomic E-state index is 0.216. The number of nitrogens with one attached hydrogen (secondary N) is 1. The molecular formula is C25H27ClFNO2. The zero-order chi connectivity index (χ0) is 21.3. The number of ether oxygens (including phenoxy) is 2. The van der Waals surface area contributed by atoms with Crippen molar-refractivity contribution in [2.24, 2.45) is 0 Å². The van der Waals surface area contributed by atoms with Crippen LogP contribution in [0, 0.1) is 12.7 Å². The summed E-state index contributed by atoms with van der Waals surface area (Å²) in [7, 11) is 0. The van der Waals surface area contributed by atoms with Crippen molar-refractivity contribution >= 4 is 11.6 Å². The van der Waals surface area contributed by atoms with E-state index in [1.165, 1.54) is 17.7 Å². The fourth-order valence-corrected chi connectivity index (χ4v) is 3.38. The molecule has 0 bridgehead atoms. The quantitative estimate of drug-likeness (QED) is 0.397. The Balaban J connectivity index is 1.60. The van der Waals surface area contributed by atoms with E-state index in [4.69, 9.17) is 21.1 Å². The predicted molar refractivity (Wildman–Crippen MR) is 120 cm³/mol. The van der Waals surface area contributed by atoms with Gasteiger partial charge in [-0.3, -0.25) is 0 Å². The van der Waals surface area contributed by atoms with Crippen LogP contribution in [-0.2, 0) is 19.6 Å². The lowest BCUT2D eigenvalue weighted by molar-refractivity contribution is 0.269. The molecule has 0 unspecified atom stereocenters. The van der Waals surface area contributed by atoms with E-state index >= 15 is 0 Å². The highest BCUT2D eigenvalue weighted by atomic mass is 35.5. The predicted octanol–water partition coefficient (Wildman–Crippen LogP) is 6.10. The maximum absolute atomic E-state index is 13.0. The van der Waals surface area contributed by atoms with Gasteiger partial charge < -0.3 is 14.8 Å². The Kier molecular flexibility index (Phi) is 8.12. The molecule has 0 saturated carbocycles. The minimum Gasteiger partial charge on any atom is -0.490 e. The molecule has 3 rings (SSSR count). The third-order valence-corrected chi connectivity index (χ3v) is 5.06. The Bertz CT molecular complexity index is 960. The summed E-state index contributed by atoms with van der Waals surface area (Å²) in [5.41, 5.74) is 4.33. The molecule has 0 heterocycles. The van der Waals surface area contributed by atoms with Gasteiger partial charge in [-0.2, -0.15) is 0 Å². The maximum Gasteiger partial charge on any atom is 0.163 e. The van der Waals surface area contributed by atoms with Crippen molar-refractivity contribution in [2.75, 3.05) is 13.2 Å². The van der Waals surface area contributed by atoms with Crippen LogP contribution in [0.25, 0.3) is 0 Å². The van der Waals surface area contributed by atoms with Crippen LogP contribution < -0.4 is 14.8 Å². The van der Waals surface area contributed by atoms with Crippen LogP contribution in [-0.4, -0.2) is 13.2 Å². The first kappa shape index (κ1) is 22.1. The average Bonchev–Trinajstić information content (AvgIpc) is 2.73. The molecule has 0 atom stereocenters. The van der Waals surface area contributed by atoms with Gasteiger partial charge in [0, 0.05) is 17.6 Å². The van der Waals surface area contributed by atoms with E-state index < -0.39 is 0 Å². The Hall–Kier alpha value is -2.56. The summed E-state index contributed by atoms with van der Waals surface area (Å²) >= 11 is 6.50. The van der Waals surface area contributed by atoms with Gasteiger partial charge in [0.05, 0.1) is 6.61 Å². The second-order valence-electron chi connectivity index (χ2n) is 7.15. The molecular weight excluding hydrogens is 401 g/mol. The van der Waals surface area contributed by atoms with E-state index in [-0.39, 0.29) is 5.82 Å². The normalized spacial score (nSPS) is 10.8. The second kappa shape index (κ2) is 11.0. The van der Waals surface area contributed by atoms with E-state index in [2.05, 4.69) is 24.4 Å². The first-order chi connectivity index (χ1) is 14.5. The molecule has 0 amide bonds. The highest BCUT2D eigenvalue weighted by Crippen LogP contribution is 2.34.